The summed E-state index contributed by atoms with van der Waals surface area (Å²) in [5, 5.41) is 22.4. The van der Waals surface area contributed by atoms with Crippen LogP contribution in [0.3, 0.4) is 0 Å². The maximum Gasteiger partial charge on any atom is 0.335 e. The first-order chi connectivity index (χ1) is 14.1. The van der Waals surface area contributed by atoms with Crippen LogP contribution in [0.15, 0.2) is 65.2 Å². The van der Waals surface area contributed by atoms with Crippen molar-refractivity contribution in [3.8, 4) is 11.3 Å². The van der Waals surface area contributed by atoms with Gasteiger partial charge in [-0.3, -0.25) is 4.98 Å². The predicted molar refractivity (Wildman–Crippen MR) is 110 cm³/mol. The lowest BCUT2D eigenvalue weighted by Crippen LogP contribution is -2.32. The number of carbonyl (C=O) groups is 1. The number of aliphatic hydroxyl groups excluding tert-OH is 1. The molecule has 1 fully saturated rings. The third-order valence-corrected chi connectivity index (χ3v) is 5.23. The molecule has 4 rings (SSSR count). The number of pyridine rings is 1. The number of aromatic nitrogens is 1. The summed E-state index contributed by atoms with van der Waals surface area (Å²) in [6.45, 7) is 0.320. The van der Waals surface area contributed by atoms with Crippen LogP contribution in [0.1, 0.15) is 33.9 Å². The average Bonchev–Trinajstić information content (AvgIpc) is 3.34. The van der Waals surface area contributed by atoms with Crippen molar-refractivity contribution >= 4 is 23.3 Å². The number of thiocarbonyl (C=S) groups is 1. The van der Waals surface area contributed by atoms with Crippen LogP contribution < -0.4 is 5.32 Å². The zero-order valence-corrected chi connectivity index (χ0v) is 16.2. The molecule has 3 aromatic rings. The van der Waals surface area contributed by atoms with Gasteiger partial charge in [0.15, 0.2) is 5.11 Å². The van der Waals surface area contributed by atoms with Crippen LogP contribution in [0.5, 0.6) is 0 Å². The summed E-state index contributed by atoms with van der Waals surface area (Å²) in [4.78, 5) is 17.4. The van der Waals surface area contributed by atoms with Crippen LogP contribution in [0.2, 0.25) is 0 Å². The van der Waals surface area contributed by atoms with Crippen molar-refractivity contribution in [2.75, 3.05) is 13.2 Å². The molecule has 0 unspecified atom stereocenters. The Hall–Kier alpha value is -3.23. The van der Waals surface area contributed by atoms with E-state index in [0.717, 1.165) is 11.3 Å². The van der Waals surface area contributed by atoms with Crippen LogP contribution in [-0.4, -0.2) is 44.3 Å². The molecule has 148 valence electrons. The molecule has 1 saturated heterocycles. The maximum absolute atomic E-state index is 11.1. The van der Waals surface area contributed by atoms with Crippen LogP contribution in [0.25, 0.3) is 11.3 Å². The summed E-state index contributed by atoms with van der Waals surface area (Å²) < 4.78 is 6.13. The number of aromatic carboxylic acids is 1. The van der Waals surface area contributed by atoms with Gasteiger partial charge in [0.2, 0.25) is 0 Å². The van der Waals surface area contributed by atoms with E-state index in [4.69, 9.17) is 21.7 Å². The molecule has 0 aliphatic carbocycles. The normalized spacial score (nSPS) is 18.7. The molecule has 7 nitrogen and oxygen atoms in total. The Morgan fingerprint density at radius 1 is 1.17 bits per heavy atom. The van der Waals surface area contributed by atoms with E-state index >= 15 is 0 Å². The number of hydrogen-bond acceptors (Lipinski definition) is 5. The Balaban J connectivity index is 1.68. The molecule has 1 aliphatic heterocycles. The zero-order valence-electron chi connectivity index (χ0n) is 15.4. The third-order valence-electron chi connectivity index (χ3n) is 4.87. The minimum atomic E-state index is -0.972. The van der Waals surface area contributed by atoms with Gasteiger partial charge in [-0.25, -0.2) is 4.79 Å². The summed E-state index contributed by atoms with van der Waals surface area (Å²) in [5.74, 6) is 0.331. The number of furan rings is 1. The van der Waals surface area contributed by atoms with Gasteiger partial charge in [0.25, 0.3) is 0 Å². The Bertz CT molecular complexity index is 1020. The fourth-order valence-corrected chi connectivity index (χ4v) is 3.84. The molecule has 3 N–H and O–H groups in total. The van der Waals surface area contributed by atoms with Crippen molar-refractivity contribution in [3.05, 3.63) is 77.8 Å². The van der Waals surface area contributed by atoms with Crippen LogP contribution in [-0.2, 0) is 0 Å². The Kier molecular flexibility index (Phi) is 5.28. The molecule has 0 radical (unpaired) electrons. The molecule has 1 aromatic carbocycles. The van der Waals surface area contributed by atoms with Crippen molar-refractivity contribution < 1.29 is 19.4 Å². The van der Waals surface area contributed by atoms with Gasteiger partial charge in [0.1, 0.15) is 17.6 Å². The number of hydrogen-bond donors (Lipinski definition) is 3. The lowest BCUT2D eigenvalue weighted by molar-refractivity contribution is 0.0697. The number of nitrogens with one attached hydrogen (secondary N) is 1. The summed E-state index contributed by atoms with van der Waals surface area (Å²) in [6.07, 6.45) is 1.73. The minimum absolute atomic E-state index is 0.0442. The van der Waals surface area contributed by atoms with E-state index in [-0.39, 0.29) is 24.3 Å². The first-order valence-electron chi connectivity index (χ1n) is 9.11. The number of nitrogens with zero attached hydrogens (tertiary/aromatic N) is 2. The second kappa shape index (κ2) is 8.02. The monoisotopic (exact) mass is 409 g/mol. The van der Waals surface area contributed by atoms with Crippen LogP contribution in [0.4, 0.5) is 0 Å². The molecule has 1 aliphatic rings. The molecule has 0 spiro atoms. The standard InChI is InChI=1S/C21H19N3O4S/c25-12-11-24-19(18(23-21(24)29)15-3-1-2-10-22-15)17-9-8-16(28-17)13-4-6-14(7-5-13)20(26)27/h1-10,18-19,25H,11-12H2,(H,23,29)(H,26,27)/t18-,19+/m1/s1. The maximum atomic E-state index is 11.1. The lowest BCUT2D eigenvalue weighted by Gasteiger charge is -2.25. The highest BCUT2D eigenvalue weighted by Gasteiger charge is 2.41. The van der Waals surface area contributed by atoms with E-state index in [1.54, 1.807) is 30.5 Å². The Morgan fingerprint density at radius 2 is 1.97 bits per heavy atom. The van der Waals surface area contributed by atoms with Crippen LogP contribution >= 0.6 is 12.2 Å². The van der Waals surface area contributed by atoms with Gasteiger partial charge in [-0.1, -0.05) is 18.2 Å². The molecule has 2 atom stereocenters. The van der Waals surface area contributed by atoms with E-state index < -0.39 is 5.97 Å². The molecule has 0 bridgehead atoms. The number of β-amino-alcohol motifs (C(OH)–C–C–N with tert-alkyl or cyclic N) is 1. The first kappa shape index (κ1) is 19.1. The third kappa shape index (κ3) is 3.72. The highest BCUT2D eigenvalue weighted by atomic mass is 32.1. The van der Waals surface area contributed by atoms with Crippen molar-refractivity contribution in [2.24, 2.45) is 0 Å². The number of aliphatic hydroxyl groups is 1. The van der Waals surface area contributed by atoms with Gasteiger partial charge >= 0.3 is 5.97 Å². The SMILES string of the molecule is O=C(O)c1ccc(-c2ccc([C@H]3[C@@H](c4ccccn4)NC(=S)N3CCO)o2)cc1. The Labute approximate surface area is 172 Å². The molecular formula is C21H19N3O4S. The topological polar surface area (TPSA) is 98.8 Å². The van der Waals surface area contributed by atoms with Crippen LogP contribution in [0, 0.1) is 0 Å². The van der Waals surface area contributed by atoms with Crippen molar-refractivity contribution in [1.29, 1.82) is 0 Å². The second-order valence-electron chi connectivity index (χ2n) is 6.63. The molecule has 8 heteroatoms. The van der Waals surface area contributed by atoms with E-state index in [1.165, 1.54) is 0 Å². The molecule has 3 heterocycles. The highest BCUT2D eigenvalue weighted by Crippen LogP contribution is 2.40. The number of carboxylic acid groups (broad SMARTS) is 1. The fraction of sp³-hybridized carbons (Fsp3) is 0.190. The molecular weight excluding hydrogens is 390 g/mol. The van der Waals surface area contributed by atoms with Gasteiger partial charge in [0, 0.05) is 18.3 Å². The van der Waals surface area contributed by atoms with E-state index in [0.29, 0.717) is 23.2 Å². The largest absolute Gasteiger partial charge is 0.478 e. The van der Waals surface area contributed by atoms with E-state index in [2.05, 4.69) is 10.3 Å². The lowest BCUT2D eigenvalue weighted by atomic mass is 10.0. The first-order valence-corrected chi connectivity index (χ1v) is 9.51. The van der Waals surface area contributed by atoms with Gasteiger partial charge in [-0.2, -0.15) is 0 Å². The average molecular weight is 409 g/mol. The molecule has 0 amide bonds. The summed E-state index contributed by atoms with van der Waals surface area (Å²) >= 11 is 5.48. The van der Waals surface area contributed by atoms with Crippen molar-refractivity contribution in [3.63, 3.8) is 0 Å². The summed E-state index contributed by atoms with van der Waals surface area (Å²) in [7, 11) is 0. The quantitative estimate of drug-likeness (QED) is 0.535. The number of benzene rings is 1. The second-order valence-corrected chi connectivity index (χ2v) is 7.01. The summed E-state index contributed by atoms with van der Waals surface area (Å²) in [5.41, 5.74) is 1.82. The predicted octanol–water partition coefficient (Wildman–Crippen LogP) is 3.00. The smallest absolute Gasteiger partial charge is 0.335 e. The van der Waals surface area contributed by atoms with Crippen molar-refractivity contribution in [2.45, 2.75) is 12.1 Å². The van der Waals surface area contributed by atoms with E-state index in [9.17, 15) is 9.90 Å². The van der Waals surface area contributed by atoms with Crippen molar-refractivity contribution in [1.82, 2.24) is 15.2 Å². The van der Waals surface area contributed by atoms with Gasteiger partial charge < -0.3 is 24.8 Å². The molecule has 2 aromatic heterocycles. The minimum Gasteiger partial charge on any atom is -0.478 e. The van der Waals surface area contributed by atoms with Gasteiger partial charge in [0.05, 0.1) is 23.9 Å². The molecule has 29 heavy (non-hydrogen) atoms. The fourth-order valence-electron chi connectivity index (χ4n) is 3.51. The Morgan fingerprint density at radius 3 is 2.62 bits per heavy atom. The zero-order chi connectivity index (χ0) is 20.4. The number of rotatable bonds is 6. The van der Waals surface area contributed by atoms with E-state index in [1.807, 2.05) is 35.2 Å². The molecule has 0 saturated carbocycles. The van der Waals surface area contributed by atoms with Gasteiger partial charge in [-0.15, -0.1) is 0 Å². The highest BCUT2D eigenvalue weighted by molar-refractivity contribution is 7.80. The van der Waals surface area contributed by atoms with Gasteiger partial charge in [-0.05, 0) is 48.6 Å². The summed E-state index contributed by atoms with van der Waals surface area (Å²) in [6, 6.07) is 15.4. The number of carboxylic acids is 1.